The SMILES string of the molecule is CCC[Si](CCC)(CCC)O[C@H]1CC[C@@]2(C)C(=CC[C@H]3[C@@H]4CC[C@H](C(C)=O)[C@@]4(C)CC[C@@H]32)C1. The van der Waals surface area contributed by atoms with E-state index >= 15 is 0 Å². The van der Waals surface area contributed by atoms with E-state index in [1.807, 2.05) is 6.92 Å². The lowest BCUT2D eigenvalue weighted by Gasteiger charge is -2.58. The van der Waals surface area contributed by atoms with Crippen LogP contribution in [0.2, 0.25) is 18.1 Å². The number of rotatable bonds is 9. The molecule has 33 heavy (non-hydrogen) atoms. The molecule has 4 aliphatic carbocycles. The number of carbonyl (C=O) groups is 1. The molecular weight excluding hydrogens is 420 g/mol. The molecule has 0 unspecified atom stereocenters. The standard InChI is InChI=1S/C30H52O2Si/c1-7-18-33(19-8-2,20-9-3)32-24-14-16-29(5)23(21-24)10-11-25-27-13-12-26(22(4)31)30(27,6)17-15-28(25)29/h10,24-28H,7-9,11-21H2,1-6H3/t24-,25-,26+,27-,28-,29-,30+/m0/s1. The van der Waals surface area contributed by atoms with Crippen LogP contribution in [0.15, 0.2) is 11.6 Å². The van der Waals surface area contributed by atoms with Gasteiger partial charge in [0.05, 0.1) is 0 Å². The Kier molecular flexibility index (Phi) is 7.72. The Morgan fingerprint density at radius 3 is 2.24 bits per heavy atom. The van der Waals surface area contributed by atoms with E-state index in [0.717, 1.165) is 24.2 Å². The van der Waals surface area contributed by atoms with Crippen LogP contribution in [0, 0.1) is 34.5 Å². The van der Waals surface area contributed by atoms with Crippen molar-refractivity contribution >= 4 is 14.1 Å². The highest BCUT2D eigenvalue weighted by Gasteiger charge is 2.59. The summed E-state index contributed by atoms with van der Waals surface area (Å²) >= 11 is 0. The van der Waals surface area contributed by atoms with Gasteiger partial charge >= 0.3 is 0 Å². The van der Waals surface area contributed by atoms with Crippen molar-refractivity contribution in [2.45, 2.75) is 136 Å². The van der Waals surface area contributed by atoms with Crippen molar-refractivity contribution in [1.82, 2.24) is 0 Å². The summed E-state index contributed by atoms with van der Waals surface area (Å²) < 4.78 is 7.22. The van der Waals surface area contributed by atoms with Crippen LogP contribution in [-0.2, 0) is 9.22 Å². The Bertz CT molecular complexity index is 727. The van der Waals surface area contributed by atoms with E-state index in [9.17, 15) is 4.79 Å². The molecule has 3 heteroatoms. The first kappa shape index (κ1) is 25.7. The molecule has 7 atom stereocenters. The van der Waals surface area contributed by atoms with Crippen molar-refractivity contribution in [2.75, 3.05) is 0 Å². The van der Waals surface area contributed by atoms with Gasteiger partial charge in [0.25, 0.3) is 0 Å². The average molecular weight is 473 g/mol. The van der Waals surface area contributed by atoms with Crippen LogP contribution in [0.1, 0.15) is 112 Å². The first-order valence-corrected chi connectivity index (χ1v) is 17.1. The van der Waals surface area contributed by atoms with Crippen LogP contribution >= 0.6 is 0 Å². The zero-order valence-electron chi connectivity index (χ0n) is 22.7. The number of carbonyl (C=O) groups excluding carboxylic acids is 1. The van der Waals surface area contributed by atoms with Gasteiger partial charge in [-0.1, -0.05) is 65.5 Å². The molecule has 0 radical (unpaired) electrons. The van der Waals surface area contributed by atoms with Gasteiger partial charge < -0.3 is 4.43 Å². The van der Waals surface area contributed by atoms with Crippen molar-refractivity contribution in [3.63, 3.8) is 0 Å². The van der Waals surface area contributed by atoms with E-state index in [0.29, 0.717) is 23.2 Å². The van der Waals surface area contributed by atoms with Crippen molar-refractivity contribution in [3.8, 4) is 0 Å². The highest BCUT2D eigenvalue weighted by Crippen LogP contribution is 2.66. The second kappa shape index (κ2) is 9.92. The summed E-state index contributed by atoms with van der Waals surface area (Å²) in [6.45, 7) is 14.0. The molecule has 3 saturated carbocycles. The normalized spacial score (nSPS) is 40.5. The quantitative estimate of drug-likeness (QED) is 0.248. The van der Waals surface area contributed by atoms with Crippen molar-refractivity contribution in [1.29, 1.82) is 0 Å². The van der Waals surface area contributed by atoms with Crippen LogP contribution in [0.3, 0.4) is 0 Å². The van der Waals surface area contributed by atoms with E-state index in [1.54, 1.807) is 5.57 Å². The topological polar surface area (TPSA) is 26.3 Å². The minimum absolute atomic E-state index is 0.265. The lowest BCUT2D eigenvalue weighted by molar-refractivity contribution is -0.127. The van der Waals surface area contributed by atoms with Crippen LogP contribution in [0.5, 0.6) is 0 Å². The van der Waals surface area contributed by atoms with Gasteiger partial charge in [-0.25, -0.2) is 0 Å². The van der Waals surface area contributed by atoms with Crippen LogP contribution in [0.25, 0.3) is 0 Å². The van der Waals surface area contributed by atoms with E-state index in [2.05, 4.69) is 40.7 Å². The third kappa shape index (κ3) is 4.48. The number of fused-ring (bicyclic) bond motifs is 5. The fraction of sp³-hybridized carbons (Fsp3) is 0.900. The van der Waals surface area contributed by atoms with Crippen LogP contribution < -0.4 is 0 Å². The maximum Gasteiger partial charge on any atom is 0.193 e. The zero-order chi connectivity index (χ0) is 23.9. The second-order valence-electron chi connectivity index (χ2n) is 13.0. The molecule has 4 rings (SSSR count). The molecule has 0 aromatic rings. The third-order valence-corrected chi connectivity index (χ3v) is 16.1. The summed E-state index contributed by atoms with van der Waals surface area (Å²) in [6.07, 6.45) is 17.1. The third-order valence-electron chi connectivity index (χ3n) is 11.1. The molecule has 0 bridgehead atoms. The monoisotopic (exact) mass is 472 g/mol. The van der Waals surface area contributed by atoms with Gasteiger partial charge in [0, 0.05) is 12.0 Å². The van der Waals surface area contributed by atoms with E-state index in [4.69, 9.17) is 4.43 Å². The molecule has 2 nitrogen and oxygen atoms in total. The molecule has 0 heterocycles. The predicted octanol–water partition coefficient (Wildman–Crippen LogP) is 8.72. The Balaban J connectivity index is 1.51. The molecule has 0 saturated heterocycles. The zero-order valence-corrected chi connectivity index (χ0v) is 23.7. The molecule has 0 N–H and O–H groups in total. The van der Waals surface area contributed by atoms with Gasteiger partial charge in [-0.3, -0.25) is 4.79 Å². The summed E-state index contributed by atoms with van der Waals surface area (Å²) in [6, 6.07) is 4.05. The summed E-state index contributed by atoms with van der Waals surface area (Å²) in [5, 5.41) is 0. The fourth-order valence-electron chi connectivity index (χ4n) is 9.67. The second-order valence-corrected chi connectivity index (χ2v) is 17.1. The van der Waals surface area contributed by atoms with Gasteiger partial charge in [-0.15, -0.1) is 0 Å². The van der Waals surface area contributed by atoms with E-state index < -0.39 is 8.32 Å². The highest BCUT2D eigenvalue weighted by molar-refractivity contribution is 6.73. The van der Waals surface area contributed by atoms with Gasteiger partial charge in [-0.2, -0.15) is 0 Å². The largest absolute Gasteiger partial charge is 0.414 e. The number of hydrogen-bond donors (Lipinski definition) is 0. The molecule has 0 aromatic heterocycles. The Labute approximate surface area is 205 Å². The predicted molar refractivity (Wildman–Crippen MR) is 142 cm³/mol. The lowest BCUT2D eigenvalue weighted by atomic mass is 9.47. The molecular formula is C30H52O2Si. The maximum absolute atomic E-state index is 12.4. The first-order chi connectivity index (χ1) is 15.7. The molecule has 3 fully saturated rings. The van der Waals surface area contributed by atoms with Gasteiger partial charge in [0.1, 0.15) is 5.78 Å². The molecule has 0 amide bonds. The number of allylic oxidation sites excluding steroid dienone is 1. The van der Waals surface area contributed by atoms with Crippen molar-refractivity contribution in [3.05, 3.63) is 11.6 Å². The summed E-state index contributed by atoms with van der Waals surface area (Å²) in [4.78, 5) is 12.4. The average Bonchev–Trinajstić information content (AvgIpc) is 3.12. The number of hydrogen-bond acceptors (Lipinski definition) is 2. The van der Waals surface area contributed by atoms with Crippen molar-refractivity contribution < 1.29 is 9.22 Å². The Morgan fingerprint density at radius 1 is 0.970 bits per heavy atom. The molecule has 0 aliphatic heterocycles. The minimum Gasteiger partial charge on any atom is -0.414 e. The number of ketones is 1. The molecule has 0 spiro atoms. The van der Waals surface area contributed by atoms with E-state index in [1.165, 1.54) is 82.3 Å². The van der Waals surface area contributed by atoms with E-state index in [-0.39, 0.29) is 5.41 Å². The molecule has 188 valence electrons. The fourth-order valence-corrected chi connectivity index (χ4v) is 14.4. The summed E-state index contributed by atoms with van der Waals surface area (Å²) in [5.74, 6) is 3.15. The summed E-state index contributed by atoms with van der Waals surface area (Å²) in [7, 11) is -1.60. The first-order valence-electron chi connectivity index (χ1n) is 14.6. The van der Waals surface area contributed by atoms with Crippen LogP contribution in [-0.4, -0.2) is 20.2 Å². The minimum atomic E-state index is -1.60. The number of Topliss-reactive ketones (excluding diaryl/α,β-unsaturated/α-hetero) is 1. The van der Waals surface area contributed by atoms with Gasteiger partial charge in [0.15, 0.2) is 8.32 Å². The molecule has 0 aromatic carbocycles. The Hall–Kier alpha value is -0.413. The van der Waals surface area contributed by atoms with Gasteiger partial charge in [0.2, 0.25) is 0 Å². The summed E-state index contributed by atoms with van der Waals surface area (Å²) in [5.41, 5.74) is 2.39. The highest BCUT2D eigenvalue weighted by atomic mass is 28.4. The van der Waals surface area contributed by atoms with Crippen LogP contribution in [0.4, 0.5) is 0 Å². The maximum atomic E-state index is 12.4. The molecule has 4 aliphatic rings. The van der Waals surface area contributed by atoms with Gasteiger partial charge in [-0.05, 0) is 105 Å². The smallest absolute Gasteiger partial charge is 0.193 e. The van der Waals surface area contributed by atoms with Crippen molar-refractivity contribution in [2.24, 2.45) is 34.5 Å². The Morgan fingerprint density at radius 2 is 1.64 bits per heavy atom. The lowest BCUT2D eigenvalue weighted by Crippen LogP contribution is -2.52.